The standard InChI is InChI=1S/C13H13N3OS2/c1-2-7-16-12(17)10-5-9-18-11(10)15-13(16)19-8-4-3-6-14/h2,5,9H,1,3-4,7-8H2. The number of fused-ring (bicyclic) bond motifs is 1. The molecule has 0 atom stereocenters. The van der Waals surface area contributed by atoms with Gasteiger partial charge in [-0.15, -0.1) is 17.9 Å². The second kappa shape index (κ2) is 6.55. The highest BCUT2D eigenvalue weighted by molar-refractivity contribution is 7.99. The van der Waals surface area contributed by atoms with E-state index in [-0.39, 0.29) is 5.56 Å². The number of thiophene rings is 1. The molecule has 0 aliphatic rings. The van der Waals surface area contributed by atoms with Gasteiger partial charge in [0.15, 0.2) is 5.16 Å². The van der Waals surface area contributed by atoms with Gasteiger partial charge in [0.2, 0.25) is 0 Å². The molecular formula is C13H13N3OS2. The molecule has 4 nitrogen and oxygen atoms in total. The molecule has 0 radical (unpaired) electrons. The topological polar surface area (TPSA) is 58.7 Å². The number of nitrogens with zero attached hydrogens (tertiary/aromatic N) is 3. The van der Waals surface area contributed by atoms with E-state index in [4.69, 9.17) is 5.26 Å². The van der Waals surface area contributed by atoms with E-state index in [9.17, 15) is 4.79 Å². The van der Waals surface area contributed by atoms with E-state index < -0.39 is 0 Å². The fourth-order valence-electron chi connectivity index (χ4n) is 1.65. The van der Waals surface area contributed by atoms with Gasteiger partial charge in [-0.2, -0.15) is 5.26 Å². The van der Waals surface area contributed by atoms with Gasteiger partial charge in [0, 0.05) is 18.7 Å². The highest BCUT2D eigenvalue weighted by Gasteiger charge is 2.11. The number of thioether (sulfide) groups is 1. The normalized spacial score (nSPS) is 10.5. The van der Waals surface area contributed by atoms with Crippen molar-refractivity contribution in [3.8, 4) is 6.07 Å². The third-order valence-corrected chi connectivity index (χ3v) is 4.39. The predicted octanol–water partition coefficient (Wildman–Crippen LogP) is 3.04. The van der Waals surface area contributed by atoms with Crippen LogP contribution in [-0.2, 0) is 6.54 Å². The van der Waals surface area contributed by atoms with Crippen molar-refractivity contribution in [3.63, 3.8) is 0 Å². The molecule has 98 valence electrons. The molecule has 0 N–H and O–H groups in total. The maximum absolute atomic E-state index is 12.3. The van der Waals surface area contributed by atoms with Gasteiger partial charge in [0.05, 0.1) is 11.5 Å². The molecule has 0 unspecified atom stereocenters. The number of aromatic nitrogens is 2. The third kappa shape index (κ3) is 3.06. The average molecular weight is 291 g/mol. The molecule has 19 heavy (non-hydrogen) atoms. The first-order valence-electron chi connectivity index (χ1n) is 5.86. The van der Waals surface area contributed by atoms with E-state index in [0.717, 1.165) is 17.0 Å². The van der Waals surface area contributed by atoms with Crippen LogP contribution in [0.2, 0.25) is 0 Å². The van der Waals surface area contributed by atoms with Crippen molar-refractivity contribution in [1.82, 2.24) is 9.55 Å². The van der Waals surface area contributed by atoms with Crippen LogP contribution in [0.15, 0.2) is 34.1 Å². The zero-order chi connectivity index (χ0) is 13.7. The van der Waals surface area contributed by atoms with E-state index in [1.807, 2.05) is 5.38 Å². The minimum Gasteiger partial charge on any atom is -0.283 e. The van der Waals surface area contributed by atoms with Gasteiger partial charge in [-0.1, -0.05) is 17.8 Å². The lowest BCUT2D eigenvalue weighted by atomic mass is 10.4. The molecule has 0 aliphatic heterocycles. The number of nitriles is 1. The highest BCUT2D eigenvalue weighted by Crippen LogP contribution is 2.21. The zero-order valence-corrected chi connectivity index (χ0v) is 12.0. The molecule has 2 heterocycles. The van der Waals surface area contributed by atoms with Crippen LogP contribution >= 0.6 is 23.1 Å². The monoisotopic (exact) mass is 291 g/mol. The minimum atomic E-state index is -0.0195. The highest BCUT2D eigenvalue weighted by atomic mass is 32.2. The summed E-state index contributed by atoms with van der Waals surface area (Å²) in [6.45, 7) is 4.13. The van der Waals surface area contributed by atoms with Gasteiger partial charge in [-0.25, -0.2) is 4.98 Å². The predicted molar refractivity (Wildman–Crippen MR) is 79.6 cm³/mol. The van der Waals surface area contributed by atoms with Crippen molar-refractivity contribution in [1.29, 1.82) is 5.26 Å². The van der Waals surface area contributed by atoms with Crippen LogP contribution in [0.4, 0.5) is 0 Å². The first-order chi connectivity index (χ1) is 9.27. The lowest BCUT2D eigenvalue weighted by Gasteiger charge is -2.09. The Morgan fingerprint density at radius 1 is 1.63 bits per heavy atom. The summed E-state index contributed by atoms with van der Waals surface area (Å²) in [5, 5.41) is 11.8. The lowest BCUT2D eigenvalue weighted by molar-refractivity contribution is 0.672. The summed E-state index contributed by atoms with van der Waals surface area (Å²) in [7, 11) is 0. The summed E-state index contributed by atoms with van der Waals surface area (Å²) >= 11 is 2.99. The largest absolute Gasteiger partial charge is 0.283 e. The maximum atomic E-state index is 12.3. The van der Waals surface area contributed by atoms with Gasteiger partial charge in [0.1, 0.15) is 4.83 Å². The zero-order valence-electron chi connectivity index (χ0n) is 10.3. The average Bonchev–Trinajstić information content (AvgIpc) is 2.87. The molecule has 0 fully saturated rings. The molecule has 2 aromatic heterocycles. The first-order valence-corrected chi connectivity index (χ1v) is 7.73. The van der Waals surface area contributed by atoms with Crippen molar-refractivity contribution >= 4 is 33.3 Å². The SMILES string of the molecule is C=CCn1c(SCCCC#N)nc2sccc2c1=O. The first kappa shape index (κ1) is 13.8. The molecule has 0 saturated carbocycles. The van der Waals surface area contributed by atoms with E-state index in [2.05, 4.69) is 17.6 Å². The second-order valence-corrected chi connectivity index (χ2v) is 5.81. The number of rotatable bonds is 6. The Balaban J connectivity index is 2.34. The summed E-state index contributed by atoms with van der Waals surface area (Å²) in [5.41, 5.74) is -0.0195. The van der Waals surface area contributed by atoms with Crippen molar-refractivity contribution in [2.24, 2.45) is 0 Å². The van der Waals surface area contributed by atoms with Crippen molar-refractivity contribution in [3.05, 3.63) is 34.5 Å². The fraction of sp³-hybridized carbons (Fsp3) is 0.308. The molecular weight excluding hydrogens is 278 g/mol. The fourth-order valence-corrected chi connectivity index (χ4v) is 3.40. The number of hydrogen-bond acceptors (Lipinski definition) is 5. The van der Waals surface area contributed by atoms with Crippen molar-refractivity contribution in [2.45, 2.75) is 24.5 Å². The van der Waals surface area contributed by atoms with Crippen molar-refractivity contribution < 1.29 is 0 Å². The number of allylic oxidation sites excluding steroid dienone is 1. The molecule has 0 aromatic carbocycles. The number of hydrogen-bond donors (Lipinski definition) is 0. The Bertz CT molecular complexity index is 681. The van der Waals surface area contributed by atoms with Crippen LogP contribution in [0.25, 0.3) is 10.2 Å². The molecule has 2 aromatic rings. The van der Waals surface area contributed by atoms with Gasteiger partial charge >= 0.3 is 0 Å². The van der Waals surface area contributed by atoms with Crippen LogP contribution < -0.4 is 5.56 Å². The molecule has 6 heteroatoms. The Morgan fingerprint density at radius 2 is 2.47 bits per heavy atom. The summed E-state index contributed by atoms with van der Waals surface area (Å²) in [6.07, 6.45) is 3.02. The Labute approximate surface area is 119 Å². The summed E-state index contributed by atoms with van der Waals surface area (Å²) in [5.74, 6) is 0.786. The van der Waals surface area contributed by atoms with E-state index >= 15 is 0 Å². The van der Waals surface area contributed by atoms with Gasteiger partial charge in [-0.05, 0) is 17.9 Å². The molecule has 0 saturated heterocycles. The molecule has 0 aliphatic carbocycles. The minimum absolute atomic E-state index is 0.0195. The lowest BCUT2D eigenvalue weighted by Crippen LogP contribution is -2.22. The van der Waals surface area contributed by atoms with E-state index in [0.29, 0.717) is 23.5 Å². The Hall–Kier alpha value is -1.58. The smallest absolute Gasteiger partial charge is 0.263 e. The maximum Gasteiger partial charge on any atom is 0.263 e. The quantitative estimate of drug-likeness (QED) is 0.355. The van der Waals surface area contributed by atoms with Gasteiger partial charge in [-0.3, -0.25) is 9.36 Å². The second-order valence-electron chi connectivity index (χ2n) is 3.85. The van der Waals surface area contributed by atoms with E-state index in [1.165, 1.54) is 23.1 Å². The van der Waals surface area contributed by atoms with Gasteiger partial charge < -0.3 is 0 Å². The number of unbranched alkanes of at least 4 members (excludes halogenated alkanes) is 1. The summed E-state index contributed by atoms with van der Waals surface area (Å²) in [6, 6.07) is 3.92. The van der Waals surface area contributed by atoms with Crippen LogP contribution in [0.3, 0.4) is 0 Å². The third-order valence-electron chi connectivity index (χ3n) is 2.52. The molecule has 0 bridgehead atoms. The Morgan fingerprint density at radius 3 is 3.21 bits per heavy atom. The molecule has 0 spiro atoms. The van der Waals surface area contributed by atoms with Crippen LogP contribution in [0, 0.1) is 11.3 Å². The van der Waals surface area contributed by atoms with Crippen LogP contribution in [-0.4, -0.2) is 15.3 Å². The molecule has 0 amide bonds. The van der Waals surface area contributed by atoms with Crippen LogP contribution in [0.5, 0.6) is 0 Å². The summed E-state index contributed by atoms with van der Waals surface area (Å²) < 4.78 is 1.64. The van der Waals surface area contributed by atoms with Crippen molar-refractivity contribution in [2.75, 3.05) is 5.75 Å². The summed E-state index contributed by atoms with van der Waals surface area (Å²) in [4.78, 5) is 17.6. The Kier molecular flexibility index (Phi) is 4.77. The van der Waals surface area contributed by atoms with E-state index in [1.54, 1.807) is 16.7 Å². The molecule has 2 rings (SSSR count). The van der Waals surface area contributed by atoms with Gasteiger partial charge in [0.25, 0.3) is 5.56 Å². The van der Waals surface area contributed by atoms with Crippen LogP contribution in [0.1, 0.15) is 12.8 Å².